The average molecular weight is 265 g/mol. The molecule has 1 saturated heterocycles. The first kappa shape index (κ1) is 14.8. The minimum absolute atomic E-state index is 0.111. The zero-order valence-electron chi connectivity index (χ0n) is 9.98. The molecular formula is C11H17F2NO4. The third-order valence-electron chi connectivity index (χ3n) is 2.83. The van der Waals surface area contributed by atoms with Crippen LogP contribution in [0.15, 0.2) is 0 Å². The van der Waals surface area contributed by atoms with E-state index in [1.807, 2.05) is 0 Å². The largest absolute Gasteiger partial charge is 0.481 e. The highest BCUT2D eigenvalue weighted by atomic mass is 19.3. The molecule has 18 heavy (non-hydrogen) atoms. The van der Waals surface area contributed by atoms with Crippen molar-refractivity contribution >= 4 is 11.9 Å². The van der Waals surface area contributed by atoms with Gasteiger partial charge in [-0.1, -0.05) is 0 Å². The van der Waals surface area contributed by atoms with E-state index < -0.39 is 31.5 Å². The third kappa shape index (κ3) is 4.95. The maximum atomic E-state index is 11.8. The fourth-order valence-corrected chi connectivity index (χ4v) is 2.06. The van der Waals surface area contributed by atoms with E-state index in [1.165, 1.54) is 4.90 Å². The van der Waals surface area contributed by atoms with Gasteiger partial charge in [0.05, 0.1) is 6.42 Å². The van der Waals surface area contributed by atoms with Gasteiger partial charge in [0.15, 0.2) is 0 Å². The number of carbonyl (C=O) groups is 2. The monoisotopic (exact) mass is 265 g/mol. The number of piperidine rings is 1. The number of ether oxygens (including phenoxy) is 1. The number of carboxylic acids is 1. The van der Waals surface area contributed by atoms with Crippen molar-refractivity contribution in [3.05, 3.63) is 0 Å². The molecule has 1 fully saturated rings. The molecular weight excluding hydrogens is 248 g/mol. The van der Waals surface area contributed by atoms with Crippen molar-refractivity contribution in [1.82, 2.24) is 4.90 Å². The third-order valence-corrected chi connectivity index (χ3v) is 2.83. The molecule has 1 unspecified atom stereocenters. The second kappa shape index (κ2) is 7.25. The second-order valence-corrected chi connectivity index (χ2v) is 4.24. The Labute approximate surface area is 104 Å². The number of aliphatic carboxylic acids is 1. The molecule has 0 aromatic carbocycles. The van der Waals surface area contributed by atoms with Crippen LogP contribution in [0.25, 0.3) is 0 Å². The van der Waals surface area contributed by atoms with Gasteiger partial charge in [-0.25, -0.2) is 8.78 Å². The lowest BCUT2D eigenvalue weighted by atomic mass is 9.99. The lowest BCUT2D eigenvalue weighted by Gasteiger charge is -2.34. The van der Waals surface area contributed by atoms with Gasteiger partial charge in [0.2, 0.25) is 5.91 Å². The highest BCUT2D eigenvalue weighted by Gasteiger charge is 2.28. The summed E-state index contributed by atoms with van der Waals surface area (Å²) in [4.78, 5) is 23.8. The van der Waals surface area contributed by atoms with Crippen LogP contribution in [-0.2, 0) is 14.3 Å². The molecule has 1 atom stereocenters. The zero-order valence-corrected chi connectivity index (χ0v) is 9.98. The van der Waals surface area contributed by atoms with Crippen molar-refractivity contribution in [2.24, 2.45) is 0 Å². The van der Waals surface area contributed by atoms with Crippen molar-refractivity contribution in [2.45, 2.75) is 38.2 Å². The van der Waals surface area contributed by atoms with Gasteiger partial charge in [0.25, 0.3) is 6.43 Å². The zero-order chi connectivity index (χ0) is 13.5. The van der Waals surface area contributed by atoms with Gasteiger partial charge in [-0.2, -0.15) is 0 Å². The predicted molar refractivity (Wildman–Crippen MR) is 58.4 cm³/mol. The number of carbonyl (C=O) groups excluding carboxylic acids is 1. The molecule has 0 bridgehead atoms. The van der Waals surface area contributed by atoms with Crippen LogP contribution in [0.2, 0.25) is 0 Å². The number of alkyl halides is 2. The number of hydrogen-bond donors (Lipinski definition) is 1. The summed E-state index contributed by atoms with van der Waals surface area (Å²) in [5, 5.41) is 8.75. The quantitative estimate of drug-likeness (QED) is 0.781. The van der Waals surface area contributed by atoms with Gasteiger partial charge in [-0.15, -0.1) is 0 Å². The van der Waals surface area contributed by atoms with Crippen LogP contribution in [-0.4, -0.2) is 54.1 Å². The average Bonchev–Trinajstić information content (AvgIpc) is 2.28. The normalized spacial score (nSPS) is 20.2. The Kier molecular flexibility index (Phi) is 5.97. The van der Waals surface area contributed by atoms with Crippen molar-refractivity contribution < 1.29 is 28.2 Å². The molecule has 1 aliphatic heterocycles. The summed E-state index contributed by atoms with van der Waals surface area (Å²) in [7, 11) is 0. The molecule has 0 radical (unpaired) electrons. The molecule has 1 aliphatic rings. The van der Waals surface area contributed by atoms with Crippen molar-refractivity contribution in [2.75, 3.05) is 19.8 Å². The molecule has 0 saturated carbocycles. The van der Waals surface area contributed by atoms with Crippen LogP contribution in [0.5, 0.6) is 0 Å². The van der Waals surface area contributed by atoms with Crippen LogP contribution >= 0.6 is 0 Å². The first-order chi connectivity index (χ1) is 8.50. The van der Waals surface area contributed by atoms with E-state index in [0.717, 1.165) is 12.8 Å². The van der Waals surface area contributed by atoms with E-state index in [0.29, 0.717) is 13.0 Å². The van der Waals surface area contributed by atoms with Crippen LogP contribution < -0.4 is 0 Å². The summed E-state index contributed by atoms with van der Waals surface area (Å²) >= 11 is 0. The Bertz CT molecular complexity index is 299. The van der Waals surface area contributed by atoms with Gasteiger partial charge in [-0.05, 0) is 19.3 Å². The number of amides is 1. The van der Waals surface area contributed by atoms with E-state index in [9.17, 15) is 18.4 Å². The Morgan fingerprint density at radius 1 is 1.39 bits per heavy atom. The van der Waals surface area contributed by atoms with E-state index >= 15 is 0 Å². The van der Waals surface area contributed by atoms with Crippen LogP contribution in [0.4, 0.5) is 8.78 Å². The van der Waals surface area contributed by atoms with Crippen LogP contribution in [0.3, 0.4) is 0 Å². The number of nitrogens with zero attached hydrogens (tertiary/aromatic N) is 1. The first-order valence-electron chi connectivity index (χ1n) is 5.88. The number of hydrogen-bond acceptors (Lipinski definition) is 3. The summed E-state index contributed by atoms with van der Waals surface area (Å²) in [5.74, 6) is -1.38. The number of likely N-dealkylation sites (tertiary alicyclic amines) is 1. The number of rotatable bonds is 6. The molecule has 0 spiro atoms. The number of carboxylic acid groups (broad SMARTS) is 1. The van der Waals surface area contributed by atoms with Crippen molar-refractivity contribution in [3.8, 4) is 0 Å². The Hall–Kier alpha value is -1.24. The molecule has 0 aromatic heterocycles. The SMILES string of the molecule is O=C(O)CC1CCCCN1C(=O)COCC(F)F. The molecule has 0 aliphatic carbocycles. The molecule has 0 aromatic rings. The molecule has 7 heteroatoms. The second-order valence-electron chi connectivity index (χ2n) is 4.24. The summed E-state index contributed by atoms with van der Waals surface area (Å²) < 4.78 is 28.3. The molecule has 104 valence electrons. The van der Waals surface area contributed by atoms with Crippen LogP contribution in [0, 0.1) is 0 Å². The minimum atomic E-state index is -2.60. The molecule has 1 rings (SSSR count). The first-order valence-corrected chi connectivity index (χ1v) is 5.88. The fourth-order valence-electron chi connectivity index (χ4n) is 2.06. The van der Waals surface area contributed by atoms with E-state index in [1.54, 1.807) is 0 Å². The summed E-state index contributed by atoms with van der Waals surface area (Å²) in [5.41, 5.74) is 0. The smallest absolute Gasteiger partial charge is 0.305 e. The molecule has 1 heterocycles. The topological polar surface area (TPSA) is 66.8 Å². The van der Waals surface area contributed by atoms with Crippen LogP contribution in [0.1, 0.15) is 25.7 Å². The van der Waals surface area contributed by atoms with Crippen molar-refractivity contribution in [1.29, 1.82) is 0 Å². The van der Waals surface area contributed by atoms with E-state index in [4.69, 9.17) is 5.11 Å². The standard InChI is InChI=1S/C11H17F2NO4/c12-9(13)6-18-7-10(15)14-4-2-1-3-8(14)5-11(16)17/h8-9H,1-7H2,(H,16,17). The van der Waals surface area contributed by atoms with E-state index in [2.05, 4.69) is 4.74 Å². The Morgan fingerprint density at radius 3 is 2.72 bits per heavy atom. The lowest BCUT2D eigenvalue weighted by Crippen LogP contribution is -2.46. The number of halogens is 2. The summed E-state index contributed by atoms with van der Waals surface area (Å²) in [6.07, 6.45) is -0.405. The van der Waals surface area contributed by atoms with E-state index in [-0.39, 0.29) is 12.5 Å². The summed E-state index contributed by atoms with van der Waals surface area (Å²) in [6.45, 7) is -0.724. The van der Waals surface area contributed by atoms with Gasteiger partial charge in [0, 0.05) is 12.6 Å². The lowest BCUT2D eigenvalue weighted by molar-refractivity contribution is -0.145. The van der Waals surface area contributed by atoms with Gasteiger partial charge < -0.3 is 14.7 Å². The minimum Gasteiger partial charge on any atom is -0.481 e. The fraction of sp³-hybridized carbons (Fsp3) is 0.818. The molecule has 1 amide bonds. The maximum absolute atomic E-state index is 11.8. The highest BCUT2D eigenvalue weighted by molar-refractivity contribution is 5.78. The van der Waals surface area contributed by atoms with Gasteiger partial charge in [-0.3, -0.25) is 9.59 Å². The maximum Gasteiger partial charge on any atom is 0.305 e. The van der Waals surface area contributed by atoms with Gasteiger partial charge in [0.1, 0.15) is 13.2 Å². The highest BCUT2D eigenvalue weighted by Crippen LogP contribution is 2.19. The molecule has 1 N–H and O–H groups in total. The Balaban J connectivity index is 2.44. The predicted octanol–water partition coefficient (Wildman–Crippen LogP) is 1.12. The Morgan fingerprint density at radius 2 is 2.11 bits per heavy atom. The van der Waals surface area contributed by atoms with Crippen molar-refractivity contribution in [3.63, 3.8) is 0 Å². The summed E-state index contributed by atoms with van der Waals surface area (Å²) in [6, 6.07) is -0.348. The van der Waals surface area contributed by atoms with Gasteiger partial charge >= 0.3 is 5.97 Å². The molecule has 5 nitrogen and oxygen atoms in total.